The Balaban J connectivity index is 1.47. The van der Waals surface area contributed by atoms with Crippen LogP contribution in [0.4, 0.5) is 5.13 Å². The molecule has 0 aromatic carbocycles. The minimum atomic E-state index is 0.212. The topological polar surface area (TPSA) is 75.3 Å². The molecule has 0 unspecified atom stereocenters. The first-order valence-corrected chi connectivity index (χ1v) is 10.0. The van der Waals surface area contributed by atoms with E-state index in [9.17, 15) is 4.79 Å². The number of piperidine rings is 1. The minimum absolute atomic E-state index is 0.212. The van der Waals surface area contributed by atoms with Crippen LogP contribution in [-0.2, 0) is 4.79 Å². The van der Waals surface area contributed by atoms with Crippen LogP contribution in [0.15, 0.2) is 4.34 Å². The first kappa shape index (κ1) is 17.0. The maximum absolute atomic E-state index is 12.4. The first-order valence-electron chi connectivity index (χ1n) is 8.24. The maximum atomic E-state index is 12.4. The highest BCUT2D eigenvalue weighted by Crippen LogP contribution is 2.41. The number of aromatic nitrogens is 2. The normalized spacial score (nSPS) is 22.2. The smallest absolute Gasteiger partial charge is 0.233 e. The van der Waals surface area contributed by atoms with Gasteiger partial charge >= 0.3 is 0 Å². The van der Waals surface area contributed by atoms with Crippen LogP contribution in [0.2, 0.25) is 0 Å². The molecule has 0 saturated carbocycles. The molecule has 2 aliphatic heterocycles. The van der Waals surface area contributed by atoms with Gasteiger partial charge in [-0.3, -0.25) is 4.79 Å². The summed E-state index contributed by atoms with van der Waals surface area (Å²) in [4.78, 5) is 16.9. The Kier molecular flexibility index (Phi) is 5.43. The summed E-state index contributed by atoms with van der Waals surface area (Å²) in [7, 11) is 2.22. The zero-order chi connectivity index (χ0) is 16.3. The van der Waals surface area contributed by atoms with Crippen LogP contribution in [0.3, 0.4) is 0 Å². The van der Waals surface area contributed by atoms with Gasteiger partial charge in [0.2, 0.25) is 11.0 Å². The third kappa shape index (κ3) is 4.36. The van der Waals surface area contributed by atoms with Gasteiger partial charge < -0.3 is 15.5 Å². The minimum Gasteiger partial charge on any atom is -0.374 e. The van der Waals surface area contributed by atoms with E-state index in [4.69, 9.17) is 5.73 Å². The van der Waals surface area contributed by atoms with Gasteiger partial charge in [-0.05, 0) is 57.7 Å². The zero-order valence-electron chi connectivity index (χ0n) is 13.7. The van der Waals surface area contributed by atoms with Crippen molar-refractivity contribution in [2.75, 3.05) is 44.7 Å². The first-order chi connectivity index (χ1) is 11.1. The van der Waals surface area contributed by atoms with E-state index in [1.165, 1.54) is 55.5 Å². The van der Waals surface area contributed by atoms with Crippen LogP contribution < -0.4 is 5.73 Å². The van der Waals surface area contributed by atoms with Crippen molar-refractivity contribution < 1.29 is 4.79 Å². The predicted molar refractivity (Wildman–Crippen MR) is 94.6 cm³/mol. The van der Waals surface area contributed by atoms with Crippen LogP contribution >= 0.6 is 23.1 Å². The van der Waals surface area contributed by atoms with Gasteiger partial charge in [0.15, 0.2) is 4.34 Å². The summed E-state index contributed by atoms with van der Waals surface area (Å²) in [6.45, 7) is 4.22. The molecule has 3 heterocycles. The fourth-order valence-electron chi connectivity index (χ4n) is 3.61. The molecular weight excluding hydrogens is 330 g/mol. The highest BCUT2D eigenvalue weighted by Gasteiger charge is 2.36. The molecule has 2 aliphatic rings. The summed E-state index contributed by atoms with van der Waals surface area (Å²) in [6.07, 6.45) is 6.20. The van der Waals surface area contributed by atoms with Crippen molar-refractivity contribution in [2.24, 2.45) is 5.41 Å². The summed E-state index contributed by atoms with van der Waals surface area (Å²) in [6, 6.07) is 0. The average Bonchev–Trinajstić information content (AvgIpc) is 2.88. The highest BCUT2D eigenvalue weighted by molar-refractivity contribution is 8.01. The largest absolute Gasteiger partial charge is 0.374 e. The number of carbonyl (C=O) groups excluding carboxylic acids is 1. The fourth-order valence-corrected chi connectivity index (χ4v) is 5.15. The number of thioether (sulfide) groups is 1. The SMILES string of the molecule is CN1CCCC2(CC1)CCN(C(=O)CSc1nnc(N)s1)CC2. The van der Waals surface area contributed by atoms with Crippen molar-refractivity contribution in [1.82, 2.24) is 20.0 Å². The molecule has 2 saturated heterocycles. The lowest BCUT2D eigenvalue weighted by Crippen LogP contribution is -2.44. The molecule has 6 nitrogen and oxygen atoms in total. The third-order valence-electron chi connectivity index (χ3n) is 5.19. The standard InChI is InChI=1S/C15H25N5OS2/c1-19-7-2-3-15(4-8-19)5-9-20(10-6-15)12(21)11-22-14-18-17-13(16)23-14/h2-11H2,1H3,(H2,16,17). The van der Waals surface area contributed by atoms with E-state index in [-0.39, 0.29) is 5.91 Å². The number of hydrogen-bond donors (Lipinski definition) is 1. The van der Waals surface area contributed by atoms with Crippen LogP contribution in [0.25, 0.3) is 0 Å². The quantitative estimate of drug-likeness (QED) is 0.835. The predicted octanol–water partition coefficient (Wildman–Crippen LogP) is 1.94. The zero-order valence-corrected chi connectivity index (χ0v) is 15.3. The molecule has 1 aromatic heterocycles. The number of rotatable bonds is 3. The van der Waals surface area contributed by atoms with E-state index < -0.39 is 0 Å². The summed E-state index contributed by atoms with van der Waals surface area (Å²) in [5, 5.41) is 8.18. The number of nitrogens with zero attached hydrogens (tertiary/aromatic N) is 4. The van der Waals surface area contributed by atoms with E-state index in [0.717, 1.165) is 30.3 Å². The lowest BCUT2D eigenvalue weighted by atomic mass is 9.73. The Bertz CT molecular complexity index is 542. The molecule has 2 fully saturated rings. The molecule has 1 aromatic rings. The molecule has 2 N–H and O–H groups in total. The summed E-state index contributed by atoms with van der Waals surface area (Å²) < 4.78 is 0.774. The molecule has 128 valence electrons. The van der Waals surface area contributed by atoms with Crippen LogP contribution in [-0.4, -0.2) is 64.9 Å². The van der Waals surface area contributed by atoms with Crippen molar-refractivity contribution in [3.05, 3.63) is 0 Å². The average molecular weight is 356 g/mol. The van der Waals surface area contributed by atoms with Crippen LogP contribution in [0, 0.1) is 5.41 Å². The Morgan fingerprint density at radius 1 is 1.22 bits per heavy atom. The number of amides is 1. The number of anilines is 1. The summed E-state index contributed by atoms with van der Waals surface area (Å²) in [5.41, 5.74) is 6.04. The van der Waals surface area contributed by atoms with Crippen molar-refractivity contribution in [3.63, 3.8) is 0 Å². The van der Waals surface area contributed by atoms with Crippen molar-refractivity contribution in [1.29, 1.82) is 0 Å². The van der Waals surface area contributed by atoms with E-state index >= 15 is 0 Å². The molecule has 0 radical (unpaired) electrons. The fraction of sp³-hybridized carbons (Fsp3) is 0.800. The van der Waals surface area contributed by atoms with Gasteiger partial charge in [0.1, 0.15) is 0 Å². The van der Waals surface area contributed by atoms with E-state index in [1.54, 1.807) is 0 Å². The highest BCUT2D eigenvalue weighted by atomic mass is 32.2. The molecule has 3 rings (SSSR count). The number of nitrogens with two attached hydrogens (primary N) is 1. The lowest BCUT2D eigenvalue weighted by molar-refractivity contribution is -0.130. The Morgan fingerprint density at radius 2 is 1.96 bits per heavy atom. The molecule has 0 atom stereocenters. The van der Waals surface area contributed by atoms with E-state index in [1.807, 2.05) is 4.90 Å². The summed E-state index contributed by atoms with van der Waals surface area (Å²) >= 11 is 2.78. The molecule has 23 heavy (non-hydrogen) atoms. The van der Waals surface area contributed by atoms with Crippen LogP contribution in [0.1, 0.15) is 32.1 Å². The second kappa shape index (κ2) is 7.36. The van der Waals surface area contributed by atoms with Gasteiger partial charge in [-0.1, -0.05) is 23.1 Å². The molecule has 8 heteroatoms. The summed E-state index contributed by atoms with van der Waals surface area (Å²) in [5.74, 6) is 0.647. The second-order valence-electron chi connectivity index (χ2n) is 6.73. The maximum Gasteiger partial charge on any atom is 0.233 e. The number of nitrogen functional groups attached to an aromatic ring is 1. The van der Waals surface area contributed by atoms with Crippen molar-refractivity contribution >= 4 is 34.1 Å². The van der Waals surface area contributed by atoms with Gasteiger partial charge in [-0.25, -0.2) is 0 Å². The third-order valence-corrected chi connectivity index (χ3v) is 7.06. The molecule has 1 amide bonds. The Hall–Kier alpha value is -0.860. The van der Waals surface area contributed by atoms with Gasteiger partial charge in [0.25, 0.3) is 0 Å². The Morgan fingerprint density at radius 3 is 2.65 bits per heavy atom. The van der Waals surface area contributed by atoms with Gasteiger partial charge in [-0.15, -0.1) is 10.2 Å². The lowest BCUT2D eigenvalue weighted by Gasteiger charge is -2.41. The van der Waals surface area contributed by atoms with Gasteiger partial charge in [-0.2, -0.15) is 0 Å². The number of carbonyl (C=O) groups is 1. The van der Waals surface area contributed by atoms with Gasteiger partial charge in [0.05, 0.1) is 5.75 Å². The Labute approximate surface area is 145 Å². The van der Waals surface area contributed by atoms with E-state index in [2.05, 4.69) is 22.1 Å². The molecule has 1 spiro atoms. The van der Waals surface area contributed by atoms with Crippen molar-refractivity contribution in [3.8, 4) is 0 Å². The number of hydrogen-bond acceptors (Lipinski definition) is 7. The van der Waals surface area contributed by atoms with Crippen LogP contribution in [0.5, 0.6) is 0 Å². The van der Waals surface area contributed by atoms with Crippen molar-refractivity contribution in [2.45, 2.75) is 36.4 Å². The number of likely N-dealkylation sites (tertiary alicyclic amines) is 2. The molecule has 0 aliphatic carbocycles. The molecule has 0 bridgehead atoms. The second-order valence-corrected chi connectivity index (χ2v) is 8.96. The monoisotopic (exact) mass is 355 g/mol. The van der Waals surface area contributed by atoms with E-state index in [0.29, 0.717) is 16.3 Å². The van der Waals surface area contributed by atoms with Gasteiger partial charge in [0, 0.05) is 13.1 Å². The molecular formula is C15H25N5OS2.